The summed E-state index contributed by atoms with van der Waals surface area (Å²) in [6.07, 6.45) is 7.05. The maximum Gasteiger partial charge on any atom is 0.290 e. The van der Waals surface area contributed by atoms with Crippen molar-refractivity contribution < 1.29 is 9.53 Å². The molecule has 2 atom stereocenters. The third kappa shape index (κ3) is 3.84. The minimum Gasteiger partial charge on any atom is -0.371 e. The monoisotopic (exact) mass is 293 g/mol. The average molecular weight is 293 g/mol. The van der Waals surface area contributed by atoms with Crippen LogP contribution in [-0.4, -0.2) is 45.7 Å². The van der Waals surface area contributed by atoms with Crippen LogP contribution in [0.25, 0.3) is 0 Å². The molecule has 0 saturated carbocycles. The molecule has 1 aromatic rings. The van der Waals surface area contributed by atoms with Crippen LogP contribution in [0.5, 0.6) is 0 Å². The number of amides is 1. The van der Waals surface area contributed by atoms with Crippen molar-refractivity contribution in [1.29, 1.82) is 0 Å². The number of aryl methyl sites for hydroxylation is 1. The zero-order valence-corrected chi connectivity index (χ0v) is 13.6. The Morgan fingerprint density at radius 3 is 2.81 bits per heavy atom. The summed E-state index contributed by atoms with van der Waals surface area (Å²) >= 11 is 0. The second-order valence-corrected chi connectivity index (χ2v) is 6.25. The van der Waals surface area contributed by atoms with Gasteiger partial charge in [0.1, 0.15) is 0 Å². The van der Waals surface area contributed by atoms with Gasteiger partial charge in [-0.25, -0.2) is 4.98 Å². The van der Waals surface area contributed by atoms with E-state index >= 15 is 0 Å². The SMILES string of the molecule is CCCC[C@@H]1CN(C(=O)c2nccn2C)C[C@H](C(C)C)O1. The maximum absolute atomic E-state index is 12.7. The molecule has 5 nitrogen and oxygen atoms in total. The van der Waals surface area contributed by atoms with E-state index in [1.54, 1.807) is 10.8 Å². The van der Waals surface area contributed by atoms with Crippen LogP contribution in [0.15, 0.2) is 12.4 Å². The van der Waals surface area contributed by atoms with Crippen molar-refractivity contribution >= 4 is 5.91 Å². The van der Waals surface area contributed by atoms with Gasteiger partial charge in [-0.3, -0.25) is 4.79 Å². The van der Waals surface area contributed by atoms with Crippen LogP contribution in [0, 0.1) is 5.92 Å². The van der Waals surface area contributed by atoms with E-state index in [1.165, 1.54) is 0 Å². The Morgan fingerprint density at radius 1 is 1.48 bits per heavy atom. The number of imidazole rings is 1. The van der Waals surface area contributed by atoms with Gasteiger partial charge in [0.25, 0.3) is 5.91 Å². The topological polar surface area (TPSA) is 47.4 Å². The van der Waals surface area contributed by atoms with Crippen LogP contribution >= 0.6 is 0 Å². The van der Waals surface area contributed by atoms with E-state index < -0.39 is 0 Å². The average Bonchev–Trinajstić information content (AvgIpc) is 2.90. The Balaban J connectivity index is 2.10. The molecular weight excluding hydrogens is 266 g/mol. The summed E-state index contributed by atoms with van der Waals surface area (Å²) in [5.74, 6) is 0.928. The number of rotatable bonds is 5. The minimum atomic E-state index is 0.0120. The highest BCUT2D eigenvalue weighted by molar-refractivity contribution is 5.90. The fourth-order valence-corrected chi connectivity index (χ4v) is 2.71. The molecule has 0 aliphatic carbocycles. The lowest BCUT2D eigenvalue weighted by Crippen LogP contribution is -2.52. The van der Waals surface area contributed by atoms with Gasteiger partial charge in [0.15, 0.2) is 5.82 Å². The van der Waals surface area contributed by atoms with Crippen molar-refractivity contribution in [2.45, 2.75) is 52.2 Å². The number of hydrogen-bond donors (Lipinski definition) is 0. The number of hydrogen-bond acceptors (Lipinski definition) is 3. The fraction of sp³-hybridized carbons (Fsp3) is 0.750. The van der Waals surface area contributed by atoms with Crippen LogP contribution in [0.2, 0.25) is 0 Å². The first kappa shape index (κ1) is 16.0. The van der Waals surface area contributed by atoms with E-state index in [1.807, 2.05) is 18.1 Å². The van der Waals surface area contributed by atoms with Crippen LogP contribution < -0.4 is 0 Å². The first-order valence-electron chi connectivity index (χ1n) is 7.95. The van der Waals surface area contributed by atoms with Crippen molar-refractivity contribution in [3.63, 3.8) is 0 Å². The molecule has 2 heterocycles. The molecule has 5 heteroatoms. The molecular formula is C16H27N3O2. The molecule has 21 heavy (non-hydrogen) atoms. The Hall–Kier alpha value is -1.36. The molecule has 118 valence electrons. The zero-order valence-electron chi connectivity index (χ0n) is 13.6. The number of morpholine rings is 1. The fourth-order valence-electron chi connectivity index (χ4n) is 2.71. The first-order chi connectivity index (χ1) is 10.0. The summed E-state index contributed by atoms with van der Waals surface area (Å²) in [6, 6.07) is 0. The van der Waals surface area contributed by atoms with Crippen LogP contribution in [-0.2, 0) is 11.8 Å². The Bertz CT molecular complexity index is 470. The molecule has 1 aliphatic rings. The Kier molecular flexibility index (Phi) is 5.39. The molecule has 0 spiro atoms. The number of nitrogens with zero attached hydrogens (tertiary/aromatic N) is 3. The van der Waals surface area contributed by atoms with Crippen LogP contribution in [0.1, 0.15) is 50.7 Å². The van der Waals surface area contributed by atoms with Crippen LogP contribution in [0.3, 0.4) is 0 Å². The van der Waals surface area contributed by atoms with Gasteiger partial charge < -0.3 is 14.2 Å². The molecule has 1 aromatic heterocycles. The highest BCUT2D eigenvalue weighted by atomic mass is 16.5. The van der Waals surface area contributed by atoms with Gasteiger partial charge in [-0.15, -0.1) is 0 Å². The smallest absolute Gasteiger partial charge is 0.290 e. The summed E-state index contributed by atoms with van der Waals surface area (Å²) in [4.78, 5) is 18.7. The van der Waals surface area contributed by atoms with Crippen molar-refractivity contribution in [1.82, 2.24) is 14.5 Å². The summed E-state index contributed by atoms with van der Waals surface area (Å²) in [5.41, 5.74) is 0. The molecule has 0 N–H and O–H groups in total. The second-order valence-electron chi connectivity index (χ2n) is 6.25. The lowest BCUT2D eigenvalue weighted by Gasteiger charge is -2.39. The van der Waals surface area contributed by atoms with Gasteiger partial charge in [0.05, 0.1) is 12.2 Å². The summed E-state index contributed by atoms with van der Waals surface area (Å²) in [5, 5.41) is 0. The normalized spacial score (nSPS) is 22.8. The van der Waals surface area contributed by atoms with Gasteiger partial charge in [-0.1, -0.05) is 33.6 Å². The van der Waals surface area contributed by atoms with Crippen LogP contribution in [0.4, 0.5) is 0 Å². The number of carbonyl (C=O) groups excluding carboxylic acids is 1. The largest absolute Gasteiger partial charge is 0.371 e. The van der Waals surface area contributed by atoms with E-state index in [-0.39, 0.29) is 18.1 Å². The molecule has 1 fully saturated rings. The van der Waals surface area contributed by atoms with Crippen molar-refractivity contribution in [3.8, 4) is 0 Å². The van der Waals surface area contributed by atoms with E-state index in [9.17, 15) is 4.79 Å². The standard InChI is InChI=1S/C16H27N3O2/c1-5-6-7-13-10-19(11-14(21-13)12(2)3)16(20)15-17-8-9-18(15)4/h8-9,12-14H,5-7,10-11H2,1-4H3/t13-,14-/m1/s1. The predicted molar refractivity (Wildman–Crippen MR) is 82.1 cm³/mol. The van der Waals surface area contributed by atoms with Gasteiger partial charge >= 0.3 is 0 Å². The molecule has 2 rings (SSSR count). The predicted octanol–water partition coefficient (Wildman–Crippen LogP) is 2.48. The number of ether oxygens (including phenoxy) is 1. The Labute approximate surface area is 127 Å². The molecule has 0 bridgehead atoms. The van der Waals surface area contributed by atoms with E-state index in [4.69, 9.17) is 4.74 Å². The highest BCUT2D eigenvalue weighted by Crippen LogP contribution is 2.22. The van der Waals surface area contributed by atoms with E-state index in [2.05, 4.69) is 25.8 Å². The summed E-state index contributed by atoms with van der Waals surface area (Å²) < 4.78 is 7.94. The first-order valence-corrected chi connectivity index (χ1v) is 7.95. The molecule has 0 aromatic carbocycles. The Morgan fingerprint density at radius 2 is 2.24 bits per heavy atom. The molecule has 0 radical (unpaired) electrons. The summed E-state index contributed by atoms with van der Waals surface area (Å²) in [7, 11) is 1.86. The van der Waals surface area contributed by atoms with Crippen molar-refractivity contribution in [3.05, 3.63) is 18.2 Å². The molecule has 1 saturated heterocycles. The highest BCUT2D eigenvalue weighted by Gasteiger charge is 2.33. The van der Waals surface area contributed by atoms with Crippen molar-refractivity contribution in [2.24, 2.45) is 13.0 Å². The van der Waals surface area contributed by atoms with Crippen molar-refractivity contribution in [2.75, 3.05) is 13.1 Å². The third-order valence-electron chi connectivity index (χ3n) is 4.11. The number of carbonyl (C=O) groups is 1. The lowest BCUT2D eigenvalue weighted by molar-refractivity contribution is -0.0965. The summed E-state index contributed by atoms with van der Waals surface area (Å²) in [6.45, 7) is 7.81. The molecule has 0 unspecified atom stereocenters. The van der Waals surface area contributed by atoms with Gasteiger partial charge in [0.2, 0.25) is 0 Å². The molecule has 1 aliphatic heterocycles. The second kappa shape index (κ2) is 7.07. The van der Waals surface area contributed by atoms with Gasteiger partial charge in [0, 0.05) is 32.5 Å². The van der Waals surface area contributed by atoms with E-state index in [0.29, 0.717) is 24.8 Å². The lowest BCUT2D eigenvalue weighted by atomic mass is 10.0. The molecule has 1 amide bonds. The minimum absolute atomic E-state index is 0.0120. The van der Waals surface area contributed by atoms with Gasteiger partial charge in [-0.05, 0) is 12.3 Å². The number of aromatic nitrogens is 2. The third-order valence-corrected chi connectivity index (χ3v) is 4.11. The van der Waals surface area contributed by atoms with E-state index in [0.717, 1.165) is 19.3 Å². The maximum atomic E-state index is 12.7. The van der Waals surface area contributed by atoms with Gasteiger partial charge in [-0.2, -0.15) is 0 Å². The zero-order chi connectivity index (χ0) is 15.4. The quantitative estimate of drug-likeness (QED) is 0.838. The number of unbranched alkanes of at least 4 members (excludes halogenated alkanes) is 1.